The number of fused-ring (bicyclic) bond motifs is 1. The maximum Gasteiger partial charge on any atom is 0.310 e. The van der Waals surface area contributed by atoms with E-state index < -0.39 is 11.4 Å². The van der Waals surface area contributed by atoms with Gasteiger partial charge in [-0.05, 0) is 61.4 Å². The Balaban J connectivity index is 1.14. The van der Waals surface area contributed by atoms with Crippen LogP contribution in [0.15, 0.2) is 41.8 Å². The molecule has 0 radical (unpaired) electrons. The Kier molecular flexibility index (Phi) is 6.88. The zero-order valence-corrected chi connectivity index (χ0v) is 22.9. The number of piperidine rings is 1. The molecule has 3 aromatic rings. The van der Waals surface area contributed by atoms with Crippen LogP contribution in [0.2, 0.25) is 0 Å². The van der Waals surface area contributed by atoms with Crippen molar-refractivity contribution >= 4 is 22.4 Å². The topological polar surface area (TPSA) is 75.1 Å². The molecule has 0 amide bonds. The average Bonchev–Trinajstić information content (AvgIpc) is 3.47. The minimum Gasteiger partial charge on any atom is -0.488 e. The quantitative estimate of drug-likeness (QED) is 0.430. The zero-order valence-electron chi connectivity index (χ0n) is 22.1. The Morgan fingerprint density at radius 2 is 2.03 bits per heavy atom. The molecule has 8 heteroatoms. The highest BCUT2D eigenvalue weighted by atomic mass is 32.1. The molecule has 3 heterocycles. The number of aliphatic carboxylic acids is 1. The molecular weight excluding hydrogens is 498 g/mol. The summed E-state index contributed by atoms with van der Waals surface area (Å²) < 4.78 is 11.8. The van der Waals surface area contributed by atoms with Crippen molar-refractivity contribution in [2.45, 2.75) is 39.8 Å². The van der Waals surface area contributed by atoms with E-state index in [2.05, 4.69) is 59.4 Å². The van der Waals surface area contributed by atoms with Crippen molar-refractivity contribution in [3.8, 4) is 17.0 Å². The summed E-state index contributed by atoms with van der Waals surface area (Å²) in [7, 11) is 0. The second-order valence-corrected chi connectivity index (χ2v) is 11.8. The summed E-state index contributed by atoms with van der Waals surface area (Å²) in [5.41, 5.74) is 6.33. The van der Waals surface area contributed by atoms with Crippen molar-refractivity contribution in [3.05, 3.63) is 64.0 Å². The number of ether oxygens (including phenoxy) is 2. The van der Waals surface area contributed by atoms with E-state index in [1.807, 2.05) is 6.07 Å². The summed E-state index contributed by atoms with van der Waals surface area (Å²) in [6.07, 6.45) is 1.49. The van der Waals surface area contributed by atoms with Gasteiger partial charge in [0.15, 0.2) is 5.13 Å². The van der Waals surface area contributed by atoms with E-state index >= 15 is 0 Å². The fraction of sp³-hybridized carbons (Fsp3) is 0.467. The number of morpholine rings is 1. The zero-order chi connectivity index (χ0) is 26.3. The first-order valence-corrected chi connectivity index (χ1v) is 14.4. The number of nitrogens with zero attached hydrogens (tertiary/aromatic N) is 3. The number of rotatable bonds is 8. The van der Waals surface area contributed by atoms with Gasteiger partial charge in [-0.1, -0.05) is 29.8 Å². The smallest absolute Gasteiger partial charge is 0.310 e. The van der Waals surface area contributed by atoms with Crippen LogP contribution >= 0.6 is 11.3 Å². The lowest BCUT2D eigenvalue weighted by atomic mass is 9.96. The van der Waals surface area contributed by atoms with Crippen molar-refractivity contribution in [2.24, 2.45) is 11.3 Å². The molecule has 7 nitrogen and oxygen atoms in total. The van der Waals surface area contributed by atoms with E-state index in [0.717, 1.165) is 80.1 Å². The van der Waals surface area contributed by atoms with Crippen molar-refractivity contribution in [1.29, 1.82) is 0 Å². The van der Waals surface area contributed by atoms with Gasteiger partial charge >= 0.3 is 5.97 Å². The molecule has 3 fully saturated rings. The molecule has 6 rings (SSSR count). The Hall–Kier alpha value is -2.94. The van der Waals surface area contributed by atoms with E-state index in [0.29, 0.717) is 13.0 Å². The van der Waals surface area contributed by atoms with Crippen LogP contribution in [-0.2, 0) is 22.7 Å². The molecule has 2 saturated heterocycles. The highest BCUT2D eigenvalue weighted by molar-refractivity contribution is 7.14. The molecular formula is C30H35N3O4S. The molecule has 200 valence electrons. The third-order valence-corrected chi connectivity index (χ3v) is 9.30. The Bertz CT molecular complexity index is 1330. The number of carboxylic acid groups (broad SMARTS) is 1. The molecule has 2 aliphatic heterocycles. The second kappa shape index (κ2) is 10.3. The summed E-state index contributed by atoms with van der Waals surface area (Å²) in [6, 6.07) is 12.9. The van der Waals surface area contributed by atoms with Gasteiger partial charge in [0.1, 0.15) is 12.4 Å². The molecule has 0 bridgehead atoms. The molecule has 0 spiro atoms. The largest absolute Gasteiger partial charge is 0.488 e. The van der Waals surface area contributed by atoms with Gasteiger partial charge in [0.25, 0.3) is 0 Å². The summed E-state index contributed by atoms with van der Waals surface area (Å²) in [5, 5.41) is 12.6. The minimum absolute atomic E-state index is 0.238. The molecule has 1 unspecified atom stereocenters. The summed E-state index contributed by atoms with van der Waals surface area (Å²) in [5.74, 6) is 0.433. The predicted molar refractivity (Wildman–Crippen MR) is 149 cm³/mol. The van der Waals surface area contributed by atoms with E-state index in [9.17, 15) is 9.90 Å². The molecule has 2 aromatic carbocycles. The lowest BCUT2D eigenvalue weighted by molar-refractivity contribution is -0.144. The van der Waals surface area contributed by atoms with Gasteiger partial charge in [0.2, 0.25) is 0 Å². The number of benzene rings is 2. The van der Waals surface area contributed by atoms with Crippen LogP contribution in [0.5, 0.6) is 5.75 Å². The van der Waals surface area contributed by atoms with Crippen LogP contribution in [0.1, 0.15) is 35.1 Å². The SMILES string of the molecule is Cc1ccc(OCc2ccc(CN3CCOCC3)cc2C)c(-c2csc(N3CC[C@]4(C(=O)O)CC4C3)n2)c1. The molecule has 38 heavy (non-hydrogen) atoms. The summed E-state index contributed by atoms with van der Waals surface area (Å²) >= 11 is 1.63. The molecule has 1 N–H and O–H groups in total. The van der Waals surface area contributed by atoms with Crippen LogP contribution in [0.4, 0.5) is 5.13 Å². The van der Waals surface area contributed by atoms with Gasteiger partial charge in [-0.25, -0.2) is 4.98 Å². The molecule has 2 atom stereocenters. The molecule has 1 aliphatic carbocycles. The van der Waals surface area contributed by atoms with Gasteiger partial charge in [0, 0.05) is 43.7 Å². The Labute approximate surface area is 228 Å². The number of thiazole rings is 1. The van der Waals surface area contributed by atoms with Crippen molar-refractivity contribution in [3.63, 3.8) is 0 Å². The average molecular weight is 534 g/mol. The van der Waals surface area contributed by atoms with Gasteiger partial charge in [0.05, 0.1) is 24.3 Å². The van der Waals surface area contributed by atoms with Crippen molar-refractivity contribution < 1.29 is 19.4 Å². The van der Waals surface area contributed by atoms with Crippen LogP contribution in [-0.4, -0.2) is 60.4 Å². The first kappa shape index (κ1) is 25.3. The minimum atomic E-state index is -0.634. The third-order valence-electron chi connectivity index (χ3n) is 8.40. The number of hydrogen-bond donors (Lipinski definition) is 1. The van der Waals surface area contributed by atoms with Gasteiger partial charge < -0.3 is 19.5 Å². The fourth-order valence-corrected chi connectivity index (χ4v) is 6.72. The van der Waals surface area contributed by atoms with Crippen LogP contribution < -0.4 is 9.64 Å². The highest BCUT2D eigenvalue weighted by Crippen LogP contribution is 2.58. The number of carboxylic acids is 1. The number of carbonyl (C=O) groups is 1. The predicted octanol–water partition coefficient (Wildman–Crippen LogP) is 5.14. The van der Waals surface area contributed by atoms with Crippen LogP contribution in [0.25, 0.3) is 11.3 Å². The number of aryl methyl sites for hydroxylation is 2. The third kappa shape index (κ3) is 5.05. The highest BCUT2D eigenvalue weighted by Gasteiger charge is 2.62. The van der Waals surface area contributed by atoms with Gasteiger partial charge in [-0.2, -0.15) is 0 Å². The van der Waals surface area contributed by atoms with Gasteiger partial charge in [-0.15, -0.1) is 11.3 Å². The normalized spacial score (nSPS) is 23.2. The number of hydrogen-bond acceptors (Lipinski definition) is 7. The van der Waals surface area contributed by atoms with E-state index in [1.54, 1.807) is 11.3 Å². The maximum absolute atomic E-state index is 11.7. The van der Waals surface area contributed by atoms with Crippen molar-refractivity contribution in [2.75, 3.05) is 44.3 Å². The monoisotopic (exact) mass is 533 g/mol. The van der Waals surface area contributed by atoms with E-state index in [-0.39, 0.29) is 5.92 Å². The first-order valence-electron chi connectivity index (χ1n) is 13.5. The number of anilines is 1. The Morgan fingerprint density at radius 1 is 1.18 bits per heavy atom. The van der Waals surface area contributed by atoms with Crippen LogP contribution in [0.3, 0.4) is 0 Å². The van der Waals surface area contributed by atoms with E-state index in [1.165, 1.54) is 16.7 Å². The summed E-state index contributed by atoms with van der Waals surface area (Å²) in [4.78, 5) is 21.3. The summed E-state index contributed by atoms with van der Waals surface area (Å²) in [6.45, 7) is 10.8. The lowest BCUT2D eigenvalue weighted by Crippen LogP contribution is -2.37. The molecule has 1 aromatic heterocycles. The molecule has 3 aliphatic rings. The van der Waals surface area contributed by atoms with E-state index in [4.69, 9.17) is 14.5 Å². The standard InChI is InChI=1S/C30H35N3O4S/c1-20-3-6-27(37-18-23-5-4-22(14-21(23)2)16-32-9-11-36-12-10-32)25(13-20)26-19-38-29(31-26)33-8-7-30(28(34)35)15-24(30)17-33/h3-6,13-14,19,24H,7-12,15-18H2,1-2H3,(H,34,35)/t24?,30-/m0/s1. The van der Waals surface area contributed by atoms with Crippen molar-refractivity contribution in [1.82, 2.24) is 9.88 Å². The van der Waals surface area contributed by atoms with Gasteiger partial charge in [-0.3, -0.25) is 9.69 Å². The lowest BCUT2D eigenvalue weighted by Gasteiger charge is -2.29. The number of aromatic nitrogens is 1. The maximum atomic E-state index is 11.7. The fourth-order valence-electron chi connectivity index (χ4n) is 5.85. The molecule has 1 saturated carbocycles. The second-order valence-electron chi connectivity index (χ2n) is 11.0. The van der Waals surface area contributed by atoms with Crippen LogP contribution in [0, 0.1) is 25.2 Å². The first-order chi connectivity index (χ1) is 18.4. The Morgan fingerprint density at radius 3 is 2.79 bits per heavy atom.